The molecule has 0 unspecified atom stereocenters. The van der Waals surface area contributed by atoms with Crippen LogP contribution >= 0.6 is 0 Å². The molecule has 0 aliphatic carbocycles. The topological polar surface area (TPSA) is 89.7 Å². The fourth-order valence-corrected chi connectivity index (χ4v) is 2.70. The first-order chi connectivity index (χ1) is 12.5. The Morgan fingerprint density at radius 3 is 2.65 bits per heavy atom. The van der Waals surface area contributed by atoms with E-state index in [9.17, 15) is 4.79 Å². The highest BCUT2D eigenvalue weighted by Crippen LogP contribution is 2.14. The summed E-state index contributed by atoms with van der Waals surface area (Å²) in [5, 5.41) is 13.7. The molecule has 8 heteroatoms. The lowest BCUT2D eigenvalue weighted by Gasteiger charge is -2.11. The Hall–Kier alpha value is -3.16. The van der Waals surface area contributed by atoms with E-state index in [0.717, 1.165) is 23.0 Å². The molecule has 2 N–H and O–H groups in total. The van der Waals surface area contributed by atoms with Crippen LogP contribution in [0.5, 0.6) is 0 Å². The number of rotatable bonds is 6. The Morgan fingerprint density at radius 1 is 1.23 bits per heavy atom. The minimum atomic E-state index is -0.243. The van der Waals surface area contributed by atoms with Crippen LogP contribution in [0.2, 0.25) is 0 Å². The van der Waals surface area contributed by atoms with Crippen LogP contribution in [0.1, 0.15) is 31.5 Å². The zero-order valence-corrected chi connectivity index (χ0v) is 15.2. The van der Waals surface area contributed by atoms with Crippen molar-refractivity contribution in [3.8, 4) is 5.69 Å². The highest BCUT2D eigenvalue weighted by atomic mass is 16.2. The van der Waals surface area contributed by atoms with E-state index in [2.05, 4.69) is 39.7 Å². The second kappa shape index (κ2) is 7.81. The van der Waals surface area contributed by atoms with E-state index in [1.807, 2.05) is 46.5 Å². The number of aromatic nitrogens is 5. The van der Waals surface area contributed by atoms with Crippen molar-refractivity contribution in [3.05, 3.63) is 54.6 Å². The molecule has 8 nitrogen and oxygen atoms in total. The number of carbonyl (C=O) groups excluding carboxylic acids is 1. The molecule has 3 rings (SSSR count). The first-order valence-electron chi connectivity index (χ1n) is 8.58. The van der Waals surface area contributed by atoms with E-state index >= 15 is 0 Å². The first kappa shape index (κ1) is 17.7. The van der Waals surface area contributed by atoms with E-state index in [1.54, 1.807) is 12.5 Å². The van der Waals surface area contributed by atoms with Crippen molar-refractivity contribution in [1.82, 2.24) is 29.6 Å². The van der Waals surface area contributed by atoms with Crippen LogP contribution in [0.15, 0.2) is 43.0 Å². The third-order valence-electron chi connectivity index (χ3n) is 4.07. The van der Waals surface area contributed by atoms with Crippen LogP contribution < -0.4 is 10.6 Å². The number of hydrogen-bond acceptors (Lipinski definition) is 4. The zero-order valence-electron chi connectivity index (χ0n) is 15.2. The summed E-state index contributed by atoms with van der Waals surface area (Å²) in [4.78, 5) is 16.3. The van der Waals surface area contributed by atoms with Crippen molar-refractivity contribution < 1.29 is 4.79 Å². The molecule has 2 amide bonds. The summed E-state index contributed by atoms with van der Waals surface area (Å²) in [5.41, 5.74) is 1.73. The smallest absolute Gasteiger partial charge is 0.319 e. The fraction of sp³-hybridized carbons (Fsp3) is 0.333. The molecule has 0 saturated heterocycles. The molecule has 0 aliphatic heterocycles. The normalized spacial score (nSPS) is 10.9. The SMILES string of the molecule is Cc1nccn1-c1ccc(NC(=O)NCCc2nncn2C(C)C)cc1. The van der Waals surface area contributed by atoms with Gasteiger partial charge in [-0.2, -0.15) is 0 Å². The zero-order chi connectivity index (χ0) is 18.5. The first-order valence-corrected chi connectivity index (χ1v) is 8.58. The monoisotopic (exact) mass is 353 g/mol. The molecular formula is C18H23N7O. The quantitative estimate of drug-likeness (QED) is 0.713. The van der Waals surface area contributed by atoms with Crippen molar-refractivity contribution in [1.29, 1.82) is 0 Å². The molecule has 2 aromatic heterocycles. The Kier molecular flexibility index (Phi) is 5.31. The molecule has 0 saturated carbocycles. The number of hydrogen-bond donors (Lipinski definition) is 2. The summed E-state index contributed by atoms with van der Waals surface area (Å²) in [6, 6.07) is 7.66. The Bertz CT molecular complexity index is 864. The van der Waals surface area contributed by atoms with Crippen LogP contribution in [-0.4, -0.2) is 36.9 Å². The van der Waals surface area contributed by atoms with Crippen LogP contribution in [0.4, 0.5) is 10.5 Å². The number of nitrogens with zero attached hydrogens (tertiary/aromatic N) is 5. The fourth-order valence-electron chi connectivity index (χ4n) is 2.70. The lowest BCUT2D eigenvalue weighted by molar-refractivity contribution is 0.252. The Labute approximate surface area is 152 Å². The molecule has 0 bridgehead atoms. The van der Waals surface area contributed by atoms with Crippen molar-refractivity contribution in [3.63, 3.8) is 0 Å². The largest absolute Gasteiger partial charge is 0.337 e. The Balaban J connectivity index is 1.50. The van der Waals surface area contributed by atoms with Gasteiger partial charge >= 0.3 is 6.03 Å². The number of imidazole rings is 1. The van der Waals surface area contributed by atoms with Gasteiger partial charge in [0.15, 0.2) is 0 Å². The van der Waals surface area contributed by atoms with Gasteiger partial charge in [0.1, 0.15) is 18.0 Å². The number of urea groups is 1. The predicted octanol–water partition coefficient (Wildman–Crippen LogP) is 2.72. The lowest BCUT2D eigenvalue weighted by Crippen LogP contribution is -2.31. The molecule has 136 valence electrons. The van der Waals surface area contributed by atoms with E-state index in [1.165, 1.54) is 0 Å². The molecule has 2 heterocycles. The summed E-state index contributed by atoms with van der Waals surface area (Å²) in [5.74, 6) is 1.78. The summed E-state index contributed by atoms with van der Waals surface area (Å²) in [6.45, 7) is 6.58. The van der Waals surface area contributed by atoms with Crippen LogP contribution in [0.25, 0.3) is 5.69 Å². The number of nitrogens with one attached hydrogen (secondary N) is 2. The summed E-state index contributed by atoms with van der Waals surface area (Å²) < 4.78 is 3.98. The molecule has 0 radical (unpaired) electrons. The third kappa shape index (κ3) is 4.08. The minimum Gasteiger partial charge on any atom is -0.337 e. The van der Waals surface area contributed by atoms with Crippen molar-refractivity contribution >= 4 is 11.7 Å². The maximum atomic E-state index is 12.0. The van der Waals surface area contributed by atoms with Crippen molar-refractivity contribution in [2.75, 3.05) is 11.9 Å². The standard InChI is InChI=1S/C18H23N7O/c1-13(2)25-12-21-23-17(25)8-9-20-18(26)22-15-4-6-16(7-5-15)24-11-10-19-14(24)3/h4-7,10-13H,8-9H2,1-3H3,(H2,20,22,26). The number of aryl methyl sites for hydroxylation is 1. The molecule has 3 aromatic rings. The second-order valence-corrected chi connectivity index (χ2v) is 6.27. The van der Waals surface area contributed by atoms with Crippen LogP contribution in [0, 0.1) is 6.92 Å². The molecule has 0 fully saturated rings. The van der Waals surface area contributed by atoms with E-state index in [-0.39, 0.29) is 6.03 Å². The number of anilines is 1. The molecule has 1 aromatic carbocycles. The maximum absolute atomic E-state index is 12.0. The summed E-state index contributed by atoms with van der Waals surface area (Å²) in [6.07, 6.45) is 6.00. The van der Waals surface area contributed by atoms with E-state index in [4.69, 9.17) is 0 Å². The number of amides is 2. The number of benzene rings is 1. The van der Waals surface area contributed by atoms with Gasteiger partial charge in [0.2, 0.25) is 0 Å². The molecule has 0 aliphatic rings. The van der Waals surface area contributed by atoms with Crippen molar-refractivity contribution in [2.24, 2.45) is 0 Å². The molecule has 26 heavy (non-hydrogen) atoms. The molecule has 0 atom stereocenters. The highest BCUT2D eigenvalue weighted by molar-refractivity contribution is 5.89. The van der Waals surface area contributed by atoms with Crippen LogP contribution in [0.3, 0.4) is 0 Å². The average molecular weight is 353 g/mol. The van der Waals surface area contributed by atoms with Gasteiger partial charge in [0.05, 0.1) is 0 Å². The second-order valence-electron chi connectivity index (χ2n) is 6.27. The van der Waals surface area contributed by atoms with Crippen LogP contribution in [-0.2, 0) is 6.42 Å². The average Bonchev–Trinajstić information content (AvgIpc) is 3.24. The van der Waals surface area contributed by atoms with Gasteiger partial charge in [0, 0.05) is 42.8 Å². The lowest BCUT2D eigenvalue weighted by atomic mass is 10.2. The van der Waals surface area contributed by atoms with Gasteiger partial charge in [-0.15, -0.1) is 10.2 Å². The molecule has 0 spiro atoms. The minimum absolute atomic E-state index is 0.243. The number of carbonyl (C=O) groups is 1. The summed E-state index contributed by atoms with van der Waals surface area (Å²) >= 11 is 0. The van der Waals surface area contributed by atoms with E-state index in [0.29, 0.717) is 19.0 Å². The summed E-state index contributed by atoms with van der Waals surface area (Å²) in [7, 11) is 0. The van der Waals surface area contributed by atoms with Gasteiger partial charge in [-0.25, -0.2) is 9.78 Å². The van der Waals surface area contributed by atoms with E-state index < -0.39 is 0 Å². The van der Waals surface area contributed by atoms with Gasteiger partial charge < -0.3 is 19.8 Å². The highest BCUT2D eigenvalue weighted by Gasteiger charge is 2.08. The molecular weight excluding hydrogens is 330 g/mol. The third-order valence-corrected chi connectivity index (χ3v) is 4.07. The van der Waals surface area contributed by atoms with Gasteiger partial charge in [-0.1, -0.05) is 0 Å². The maximum Gasteiger partial charge on any atom is 0.319 e. The predicted molar refractivity (Wildman–Crippen MR) is 99.4 cm³/mol. The van der Waals surface area contributed by atoms with Gasteiger partial charge in [-0.3, -0.25) is 0 Å². The van der Waals surface area contributed by atoms with Gasteiger partial charge in [0.25, 0.3) is 0 Å². The van der Waals surface area contributed by atoms with Gasteiger partial charge in [-0.05, 0) is 45.0 Å². The van der Waals surface area contributed by atoms with Crippen molar-refractivity contribution in [2.45, 2.75) is 33.2 Å². The Morgan fingerprint density at radius 2 is 2.00 bits per heavy atom.